The van der Waals surface area contributed by atoms with Crippen LogP contribution in [0, 0.1) is 0 Å². The first-order valence-corrected chi connectivity index (χ1v) is 8.36. The van der Waals surface area contributed by atoms with Crippen molar-refractivity contribution in [1.82, 2.24) is 5.32 Å². The Morgan fingerprint density at radius 2 is 1.67 bits per heavy atom. The van der Waals surface area contributed by atoms with Gasteiger partial charge in [-0.05, 0) is 66.8 Å². The van der Waals surface area contributed by atoms with Crippen molar-refractivity contribution in [3.05, 3.63) is 53.1 Å². The molecule has 0 saturated carbocycles. The Kier molecular flexibility index (Phi) is 5.26. The molecule has 0 aromatic heterocycles. The molecule has 24 heavy (non-hydrogen) atoms. The van der Waals surface area contributed by atoms with Crippen LogP contribution < -0.4 is 19.5 Å². The van der Waals surface area contributed by atoms with Crippen LogP contribution >= 0.6 is 0 Å². The molecular weight excluding hydrogens is 302 g/mol. The van der Waals surface area contributed by atoms with Crippen molar-refractivity contribution < 1.29 is 14.2 Å². The van der Waals surface area contributed by atoms with Crippen molar-refractivity contribution in [2.24, 2.45) is 0 Å². The first kappa shape index (κ1) is 16.7. The van der Waals surface area contributed by atoms with Gasteiger partial charge in [0.25, 0.3) is 0 Å². The number of fused-ring (bicyclic) bond motifs is 1. The number of aryl methyl sites for hydroxylation is 1. The Bertz CT molecular complexity index is 682. The minimum atomic E-state index is 0.343. The summed E-state index contributed by atoms with van der Waals surface area (Å²) in [6.07, 6.45) is 3.10. The van der Waals surface area contributed by atoms with Crippen molar-refractivity contribution >= 4 is 0 Å². The number of nitrogens with one attached hydrogen (secondary N) is 1. The smallest absolute Gasteiger partial charge is 0.161 e. The first-order valence-electron chi connectivity index (χ1n) is 8.36. The van der Waals surface area contributed by atoms with Crippen LogP contribution in [-0.2, 0) is 12.8 Å². The molecular formula is C20H25NO3. The molecule has 1 heterocycles. The van der Waals surface area contributed by atoms with Gasteiger partial charge in [-0.1, -0.05) is 12.1 Å². The molecule has 1 N–H and O–H groups in total. The van der Waals surface area contributed by atoms with Gasteiger partial charge in [0.1, 0.15) is 5.75 Å². The minimum absolute atomic E-state index is 0.343. The Labute approximate surface area is 143 Å². The normalized spacial score (nSPS) is 16.4. The molecule has 0 bridgehead atoms. The summed E-state index contributed by atoms with van der Waals surface area (Å²) in [6, 6.07) is 12.9. The van der Waals surface area contributed by atoms with Crippen LogP contribution in [0.4, 0.5) is 0 Å². The monoisotopic (exact) mass is 327 g/mol. The van der Waals surface area contributed by atoms with Crippen LogP contribution in [0.3, 0.4) is 0 Å². The van der Waals surface area contributed by atoms with E-state index in [1.165, 1.54) is 16.7 Å². The van der Waals surface area contributed by atoms with E-state index in [0.717, 1.165) is 43.1 Å². The highest BCUT2D eigenvalue weighted by atomic mass is 16.5. The standard InChI is InChI=1S/C20H25NO3/c1-22-16-7-4-14(5-8-16)6-9-18-17-13-20(24-3)19(23-2)12-15(17)10-11-21-18/h4-5,7-8,12-13,18,21H,6,9-11H2,1-3H3/t18-/m0/s1. The van der Waals surface area contributed by atoms with Crippen molar-refractivity contribution in [2.45, 2.75) is 25.3 Å². The highest BCUT2D eigenvalue weighted by Gasteiger charge is 2.22. The summed E-state index contributed by atoms with van der Waals surface area (Å²) >= 11 is 0. The number of ether oxygens (including phenoxy) is 3. The number of benzene rings is 2. The highest BCUT2D eigenvalue weighted by Crippen LogP contribution is 2.36. The second kappa shape index (κ2) is 7.58. The summed E-state index contributed by atoms with van der Waals surface area (Å²) in [5.74, 6) is 2.51. The van der Waals surface area contributed by atoms with E-state index in [0.29, 0.717) is 6.04 Å². The van der Waals surface area contributed by atoms with E-state index in [1.807, 2.05) is 12.1 Å². The zero-order chi connectivity index (χ0) is 16.9. The second-order valence-corrected chi connectivity index (χ2v) is 6.05. The molecule has 2 aromatic carbocycles. The molecule has 1 atom stereocenters. The summed E-state index contributed by atoms with van der Waals surface area (Å²) in [4.78, 5) is 0. The molecule has 2 aromatic rings. The molecule has 0 amide bonds. The minimum Gasteiger partial charge on any atom is -0.497 e. The number of methoxy groups -OCH3 is 3. The van der Waals surface area contributed by atoms with Crippen molar-refractivity contribution in [2.75, 3.05) is 27.9 Å². The first-order chi connectivity index (χ1) is 11.7. The Morgan fingerprint density at radius 1 is 0.958 bits per heavy atom. The van der Waals surface area contributed by atoms with Crippen LogP contribution in [0.25, 0.3) is 0 Å². The molecule has 1 aliphatic heterocycles. The van der Waals surface area contributed by atoms with E-state index >= 15 is 0 Å². The van der Waals surface area contributed by atoms with Gasteiger partial charge in [-0.25, -0.2) is 0 Å². The molecule has 1 aliphatic rings. The Hall–Kier alpha value is -2.20. The van der Waals surface area contributed by atoms with Crippen LogP contribution in [0.2, 0.25) is 0 Å². The van der Waals surface area contributed by atoms with E-state index < -0.39 is 0 Å². The lowest BCUT2D eigenvalue weighted by molar-refractivity contribution is 0.351. The fraction of sp³-hybridized carbons (Fsp3) is 0.400. The van der Waals surface area contributed by atoms with Gasteiger partial charge < -0.3 is 19.5 Å². The van der Waals surface area contributed by atoms with Gasteiger partial charge in [0.05, 0.1) is 21.3 Å². The molecule has 4 heteroatoms. The lowest BCUT2D eigenvalue weighted by atomic mass is 9.90. The van der Waals surface area contributed by atoms with E-state index in [9.17, 15) is 0 Å². The predicted octanol–water partition coefficient (Wildman–Crippen LogP) is 3.53. The topological polar surface area (TPSA) is 39.7 Å². The van der Waals surface area contributed by atoms with Gasteiger partial charge in [0, 0.05) is 6.04 Å². The van der Waals surface area contributed by atoms with E-state index in [2.05, 4.69) is 29.6 Å². The molecule has 0 spiro atoms. The summed E-state index contributed by atoms with van der Waals surface area (Å²) in [5, 5.41) is 3.64. The second-order valence-electron chi connectivity index (χ2n) is 6.05. The van der Waals surface area contributed by atoms with Crippen molar-refractivity contribution in [3.8, 4) is 17.2 Å². The third-order valence-electron chi connectivity index (χ3n) is 4.69. The zero-order valence-electron chi connectivity index (χ0n) is 14.6. The SMILES string of the molecule is COc1ccc(CC[C@@H]2NCCc3cc(OC)c(OC)cc32)cc1. The van der Waals surface area contributed by atoms with Gasteiger partial charge in [0.2, 0.25) is 0 Å². The number of hydrogen-bond donors (Lipinski definition) is 1. The largest absolute Gasteiger partial charge is 0.497 e. The molecule has 4 nitrogen and oxygen atoms in total. The van der Waals surface area contributed by atoms with Gasteiger partial charge in [-0.2, -0.15) is 0 Å². The zero-order valence-corrected chi connectivity index (χ0v) is 14.6. The lowest BCUT2D eigenvalue weighted by Gasteiger charge is -2.28. The lowest BCUT2D eigenvalue weighted by Crippen LogP contribution is -2.30. The fourth-order valence-electron chi connectivity index (χ4n) is 3.33. The molecule has 0 saturated heterocycles. The average molecular weight is 327 g/mol. The van der Waals surface area contributed by atoms with Crippen LogP contribution in [0.15, 0.2) is 36.4 Å². The van der Waals surface area contributed by atoms with Gasteiger partial charge >= 0.3 is 0 Å². The maximum atomic E-state index is 5.47. The van der Waals surface area contributed by atoms with Crippen LogP contribution in [0.5, 0.6) is 17.2 Å². The Morgan fingerprint density at radius 3 is 2.33 bits per heavy atom. The summed E-state index contributed by atoms with van der Waals surface area (Å²) < 4.78 is 16.1. The molecule has 128 valence electrons. The van der Waals surface area contributed by atoms with Crippen molar-refractivity contribution in [3.63, 3.8) is 0 Å². The summed E-state index contributed by atoms with van der Waals surface area (Å²) in [5.41, 5.74) is 4.00. The molecule has 0 aliphatic carbocycles. The third-order valence-corrected chi connectivity index (χ3v) is 4.69. The summed E-state index contributed by atoms with van der Waals surface area (Å²) in [7, 11) is 5.07. The fourth-order valence-corrected chi connectivity index (χ4v) is 3.33. The molecule has 0 unspecified atom stereocenters. The van der Waals surface area contributed by atoms with E-state index in [4.69, 9.17) is 14.2 Å². The summed E-state index contributed by atoms with van der Waals surface area (Å²) in [6.45, 7) is 0.996. The van der Waals surface area contributed by atoms with E-state index in [1.54, 1.807) is 21.3 Å². The Balaban J connectivity index is 1.76. The van der Waals surface area contributed by atoms with Gasteiger partial charge in [0.15, 0.2) is 11.5 Å². The maximum Gasteiger partial charge on any atom is 0.161 e. The third kappa shape index (κ3) is 3.49. The average Bonchev–Trinajstić information content (AvgIpc) is 2.65. The van der Waals surface area contributed by atoms with Crippen LogP contribution in [-0.4, -0.2) is 27.9 Å². The quantitative estimate of drug-likeness (QED) is 0.881. The van der Waals surface area contributed by atoms with E-state index in [-0.39, 0.29) is 0 Å². The van der Waals surface area contributed by atoms with Crippen molar-refractivity contribution in [1.29, 1.82) is 0 Å². The van der Waals surface area contributed by atoms with Gasteiger partial charge in [-0.3, -0.25) is 0 Å². The maximum absolute atomic E-state index is 5.47. The number of hydrogen-bond acceptors (Lipinski definition) is 4. The predicted molar refractivity (Wildman–Crippen MR) is 95.3 cm³/mol. The molecule has 0 radical (unpaired) electrons. The van der Waals surface area contributed by atoms with Gasteiger partial charge in [-0.15, -0.1) is 0 Å². The highest BCUT2D eigenvalue weighted by molar-refractivity contribution is 5.49. The number of rotatable bonds is 6. The molecule has 0 fully saturated rings. The molecule has 3 rings (SSSR count). The van der Waals surface area contributed by atoms with Crippen LogP contribution in [0.1, 0.15) is 29.2 Å².